The monoisotopic (exact) mass is 216 g/mol. The molecule has 0 saturated heterocycles. The second-order valence-electron chi connectivity index (χ2n) is 2.58. The highest BCUT2D eigenvalue weighted by Gasteiger charge is 1.86. The van der Waals surface area contributed by atoms with Crippen LogP contribution >= 0.6 is 12.4 Å². The summed E-state index contributed by atoms with van der Waals surface area (Å²) in [4.78, 5) is 13.9. The van der Waals surface area contributed by atoms with Crippen molar-refractivity contribution in [3.8, 4) is 0 Å². The van der Waals surface area contributed by atoms with Gasteiger partial charge in [-0.05, 0) is 26.1 Å². The van der Waals surface area contributed by atoms with Gasteiger partial charge in [-0.2, -0.15) is 0 Å². The average Bonchev–Trinajstić information content (AvgIpc) is 2.18. The molecule has 0 unspecified atom stereocenters. The third-order valence-corrected chi connectivity index (χ3v) is 1.29. The van der Waals surface area contributed by atoms with Crippen LogP contribution in [0, 0.1) is 0 Å². The molecule has 80 valence electrons. The van der Waals surface area contributed by atoms with Crippen LogP contribution in [0.15, 0.2) is 30.6 Å². The van der Waals surface area contributed by atoms with Crippen molar-refractivity contribution in [2.24, 2.45) is 0 Å². The van der Waals surface area contributed by atoms with Gasteiger partial charge in [0.2, 0.25) is 0 Å². The first-order valence-electron chi connectivity index (χ1n) is 4.26. The summed E-state index contributed by atoms with van der Waals surface area (Å²) in [6, 6.07) is 5.72. The third-order valence-electron chi connectivity index (χ3n) is 1.29. The van der Waals surface area contributed by atoms with Crippen molar-refractivity contribution in [3.05, 3.63) is 30.6 Å². The molecule has 1 aromatic heterocycles. The van der Waals surface area contributed by atoms with E-state index in [9.17, 15) is 4.79 Å². The van der Waals surface area contributed by atoms with E-state index >= 15 is 0 Å². The molecule has 0 bridgehead atoms. The first-order chi connectivity index (χ1) is 6.27. The number of nitrogens with zero attached hydrogens (tertiary/aromatic N) is 1. The largest absolute Gasteiger partial charge is 0.319 e. The van der Waals surface area contributed by atoms with E-state index in [0.29, 0.717) is 6.42 Å². The predicted octanol–water partition coefficient (Wildman–Crippen LogP) is 1.69. The van der Waals surface area contributed by atoms with E-state index < -0.39 is 0 Å². The lowest BCUT2D eigenvalue weighted by Gasteiger charge is -1.89. The number of hydrogen-bond acceptors (Lipinski definition) is 3. The Balaban J connectivity index is 0. The zero-order chi connectivity index (χ0) is 9.94. The zero-order valence-electron chi connectivity index (χ0n) is 8.56. The highest BCUT2D eigenvalue weighted by molar-refractivity contribution is 5.85. The topological polar surface area (TPSA) is 42.0 Å². The summed E-state index contributed by atoms with van der Waals surface area (Å²) in [6.07, 6.45) is 4.15. The molecule has 0 saturated carbocycles. The quantitative estimate of drug-likeness (QED) is 0.836. The first-order valence-corrected chi connectivity index (χ1v) is 4.26. The van der Waals surface area contributed by atoms with E-state index in [1.165, 1.54) is 0 Å². The van der Waals surface area contributed by atoms with Crippen LogP contribution in [0.2, 0.25) is 0 Å². The Morgan fingerprint density at radius 3 is 2.00 bits per heavy atom. The number of Topliss-reactive ketones (excluding diaryl/α,β-unsaturated/α-hetero) is 1. The van der Waals surface area contributed by atoms with Crippen molar-refractivity contribution in [1.82, 2.24) is 10.3 Å². The van der Waals surface area contributed by atoms with Gasteiger partial charge in [0.1, 0.15) is 5.78 Å². The molecule has 0 amide bonds. The van der Waals surface area contributed by atoms with Crippen LogP contribution in [0.4, 0.5) is 0 Å². The van der Waals surface area contributed by atoms with E-state index in [1.54, 1.807) is 19.3 Å². The molecule has 14 heavy (non-hydrogen) atoms. The van der Waals surface area contributed by atoms with E-state index in [0.717, 1.165) is 6.54 Å². The fourth-order valence-corrected chi connectivity index (χ4v) is 0.614. The minimum atomic E-state index is 0. The van der Waals surface area contributed by atoms with Gasteiger partial charge < -0.3 is 5.32 Å². The number of rotatable bonds is 3. The number of hydrogen-bond donors (Lipinski definition) is 1. The molecule has 0 aliphatic heterocycles. The van der Waals surface area contributed by atoms with Crippen LogP contribution in [-0.4, -0.2) is 24.4 Å². The molecule has 1 heterocycles. The van der Waals surface area contributed by atoms with Crippen molar-refractivity contribution >= 4 is 18.2 Å². The average molecular weight is 217 g/mol. The highest BCUT2D eigenvalue weighted by Crippen LogP contribution is 1.74. The Morgan fingerprint density at radius 2 is 1.86 bits per heavy atom. The number of ketones is 1. The SMILES string of the molecule is CNCCC(C)=O.Cl.c1ccncc1. The maximum Gasteiger partial charge on any atom is 0.131 e. The standard InChI is InChI=1S/C5H11NO.C5H5N.ClH/c1-5(7)3-4-6-2;1-2-4-6-5-3-1;/h6H,3-4H2,1-2H3;1-5H;1H. The van der Waals surface area contributed by atoms with Crippen molar-refractivity contribution in [2.75, 3.05) is 13.6 Å². The molecular weight excluding hydrogens is 200 g/mol. The number of halogens is 1. The van der Waals surface area contributed by atoms with Gasteiger partial charge in [0.15, 0.2) is 0 Å². The van der Waals surface area contributed by atoms with Gasteiger partial charge in [0.05, 0.1) is 0 Å². The van der Waals surface area contributed by atoms with Crippen molar-refractivity contribution in [2.45, 2.75) is 13.3 Å². The van der Waals surface area contributed by atoms with E-state index in [-0.39, 0.29) is 18.2 Å². The Bertz CT molecular complexity index is 190. The maximum atomic E-state index is 10.2. The van der Waals surface area contributed by atoms with E-state index in [1.807, 2.05) is 25.2 Å². The summed E-state index contributed by atoms with van der Waals surface area (Å²) in [6.45, 7) is 2.40. The second-order valence-corrected chi connectivity index (χ2v) is 2.58. The van der Waals surface area contributed by atoms with Gasteiger partial charge in [-0.25, -0.2) is 0 Å². The van der Waals surface area contributed by atoms with Crippen LogP contribution in [-0.2, 0) is 4.79 Å². The van der Waals surface area contributed by atoms with Crippen LogP contribution in [0.1, 0.15) is 13.3 Å². The second kappa shape index (κ2) is 12.1. The summed E-state index contributed by atoms with van der Waals surface area (Å²) < 4.78 is 0. The number of aromatic nitrogens is 1. The summed E-state index contributed by atoms with van der Waals surface area (Å²) >= 11 is 0. The van der Waals surface area contributed by atoms with Gasteiger partial charge in [-0.1, -0.05) is 6.07 Å². The minimum absolute atomic E-state index is 0. The zero-order valence-corrected chi connectivity index (χ0v) is 9.38. The maximum absolute atomic E-state index is 10.2. The number of carbonyl (C=O) groups is 1. The molecule has 0 radical (unpaired) electrons. The van der Waals surface area contributed by atoms with Gasteiger partial charge >= 0.3 is 0 Å². The Morgan fingerprint density at radius 1 is 1.29 bits per heavy atom. The number of nitrogens with one attached hydrogen (secondary N) is 1. The lowest BCUT2D eigenvalue weighted by molar-refractivity contribution is -0.116. The lowest BCUT2D eigenvalue weighted by Crippen LogP contribution is -2.10. The van der Waals surface area contributed by atoms with Gasteiger partial charge in [-0.3, -0.25) is 9.78 Å². The van der Waals surface area contributed by atoms with E-state index in [4.69, 9.17) is 0 Å². The fraction of sp³-hybridized carbons (Fsp3) is 0.400. The van der Waals surface area contributed by atoms with E-state index in [2.05, 4.69) is 10.3 Å². The molecule has 1 rings (SSSR count). The van der Waals surface area contributed by atoms with Crippen LogP contribution in [0.25, 0.3) is 0 Å². The van der Waals surface area contributed by atoms with Gasteiger partial charge in [0, 0.05) is 25.4 Å². The number of pyridine rings is 1. The minimum Gasteiger partial charge on any atom is -0.319 e. The molecule has 1 N–H and O–H groups in total. The normalized spacial score (nSPS) is 7.86. The van der Waals surface area contributed by atoms with Crippen molar-refractivity contribution < 1.29 is 4.79 Å². The molecule has 0 spiro atoms. The summed E-state index contributed by atoms with van der Waals surface area (Å²) in [7, 11) is 1.84. The molecule has 1 aromatic rings. The predicted molar refractivity (Wildman–Crippen MR) is 60.7 cm³/mol. The summed E-state index contributed by atoms with van der Waals surface area (Å²) in [5.41, 5.74) is 0. The molecule has 0 aromatic carbocycles. The number of carbonyl (C=O) groups excluding carboxylic acids is 1. The molecule has 4 heteroatoms. The van der Waals surface area contributed by atoms with Crippen LogP contribution in [0.5, 0.6) is 0 Å². The van der Waals surface area contributed by atoms with Gasteiger partial charge in [-0.15, -0.1) is 12.4 Å². The van der Waals surface area contributed by atoms with Crippen LogP contribution < -0.4 is 5.32 Å². The molecule has 0 aliphatic rings. The first kappa shape index (κ1) is 15.5. The molecule has 3 nitrogen and oxygen atoms in total. The lowest BCUT2D eigenvalue weighted by atomic mass is 10.3. The summed E-state index contributed by atoms with van der Waals surface area (Å²) in [5.74, 6) is 0.245. The molecule has 0 aliphatic carbocycles. The van der Waals surface area contributed by atoms with Crippen molar-refractivity contribution in [1.29, 1.82) is 0 Å². The van der Waals surface area contributed by atoms with Crippen molar-refractivity contribution in [3.63, 3.8) is 0 Å². The van der Waals surface area contributed by atoms with Crippen LogP contribution in [0.3, 0.4) is 0 Å². The smallest absolute Gasteiger partial charge is 0.131 e. The molecule has 0 atom stereocenters. The fourth-order valence-electron chi connectivity index (χ4n) is 0.614. The van der Waals surface area contributed by atoms with Gasteiger partial charge in [0.25, 0.3) is 0 Å². The Labute approximate surface area is 91.3 Å². The molecule has 0 fully saturated rings. The third kappa shape index (κ3) is 13.6. The Kier molecular flexibility index (Phi) is 13.4. The Hall–Kier alpha value is -0.930. The summed E-state index contributed by atoms with van der Waals surface area (Å²) in [5, 5.41) is 2.88. The highest BCUT2D eigenvalue weighted by atomic mass is 35.5. The molecular formula is C10H17ClN2O.